The minimum atomic E-state index is -0.568. The average Bonchev–Trinajstić information content (AvgIpc) is 2.79. The molecule has 2 bridgehead atoms. The molecule has 2 atom stereocenters. The summed E-state index contributed by atoms with van der Waals surface area (Å²) in [5.74, 6) is -0.0506. The Labute approximate surface area is 124 Å². The second-order valence-corrected chi connectivity index (χ2v) is 6.76. The third-order valence-corrected chi connectivity index (χ3v) is 5.71. The lowest BCUT2D eigenvalue weighted by Gasteiger charge is -2.35. The number of fused-ring (bicyclic) bond motifs is 2. The highest BCUT2D eigenvalue weighted by Crippen LogP contribution is 2.63. The maximum Gasteiger partial charge on any atom is 0.341 e. The zero-order chi connectivity index (χ0) is 15.3. The number of hydrogen-bond donors (Lipinski definition) is 1. The van der Waals surface area contributed by atoms with Crippen LogP contribution in [0.15, 0.2) is 24.3 Å². The molecule has 1 N–H and O–H groups in total. The molecule has 0 spiro atoms. The fourth-order valence-electron chi connectivity index (χ4n) is 4.02. The molecule has 2 aliphatic carbocycles. The monoisotopic (exact) mass is 288 g/mol. The van der Waals surface area contributed by atoms with Crippen LogP contribution in [0.5, 0.6) is 5.75 Å². The molecule has 2 aliphatic rings. The number of phenolic OH excluding ortho intramolecular Hbond substituents is 1. The standard InChI is InChI=1S/C17H20O4/c1-16(2)11-7-8-17(16,14(19)9-11)10-21-15(20)12-5-3-4-6-13(12)18/h3-6,11,18H,7-10H2,1-2H3. The van der Waals surface area contributed by atoms with Gasteiger partial charge >= 0.3 is 5.97 Å². The molecule has 1 aromatic carbocycles. The van der Waals surface area contributed by atoms with Crippen LogP contribution in [0.1, 0.15) is 43.5 Å². The number of esters is 1. The summed E-state index contributed by atoms with van der Waals surface area (Å²) < 4.78 is 5.40. The molecule has 0 aromatic heterocycles. The summed E-state index contributed by atoms with van der Waals surface area (Å²) in [7, 11) is 0. The van der Waals surface area contributed by atoms with Gasteiger partial charge in [0.25, 0.3) is 0 Å². The fraction of sp³-hybridized carbons (Fsp3) is 0.529. The number of ketones is 1. The first-order valence-electron chi connectivity index (χ1n) is 7.37. The first kappa shape index (κ1) is 14.1. The third-order valence-electron chi connectivity index (χ3n) is 5.71. The summed E-state index contributed by atoms with van der Waals surface area (Å²) in [6.45, 7) is 4.31. The minimum Gasteiger partial charge on any atom is -0.507 e. The highest BCUT2D eigenvalue weighted by molar-refractivity contribution is 5.93. The van der Waals surface area contributed by atoms with Gasteiger partial charge in [-0.1, -0.05) is 26.0 Å². The Morgan fingerprint density at radius 1 is 1.38 bits per heavy atom. The van der Waals surface area contributed by atoms with Gasteiger partial charge in [0.2, 0.25) is 0 Å². The number of hydrogen-bond acceptors (Lipinski definition) is 4. The maximum atomic E-state index is 12.3. The zero-order valence-electron chi connectivity index (χ0n) is 12.4. The van der Waals surface area contributed by atoms with E-state index in [9.17, 15) is 14.7 Å². The van der Waals surface area contributed by atoms with Gasteiger partial charge in [-0.3, -0.25) is 4.79 Å². The molecular formula is C17H20O4. The van der Waals surface area contributed by atoms with Crippen molar-refractivity contribution >= 4 is 11.8 Å². The van der Waals surface area contributed by atoms with Crippen LogP contribution in [-0.4, -0.2) is 23.5 Å². The first-order chi connectivity index (χ1) is 9.88. The molecule has 2 fully saturated rings. The predicted octanol–water partition coefficient (Wildman–Crippen LogP) is 2.94. The normalized spacial score (nSPS) is 29.6. The van der Waals surface area contributed by atoms with Crippen LogP contribution in [0.4, 0.5) is 0 Å². The Kier molecular flexibility index (Phi) is 3.08. The molecule has 0 radical (unpaired) electrons. The minimum absolute atomic E-state index is 0.0960. The van der Waals surface area contributed by atoms with E-state index in [2.05, 4.69) is 13.8 Å². The summed E-state index contributed by atoms with van der Waals surface area (Å²) in [6, 6.07) is 6.29. The molecule has 0 amide bonds. The van der Waals surface area contributed by atoms with Crippen molar-refractivity contribution in [2.24, 2.45) is 16.7 Å². The van der Waals surface area contributed by atoms with E-state index in [0.717, 1.165) is 12.8 Å². The van der Waals surface area contributed by atoms with Crippen LogP contribution in [0.2, 0.25) is 0 Å². The SMILES string of the molecule is CC1(C)C2CCC1(COC(=O)c1ccccc1O)C(=O)C2. The molecule has 2 saturated carbocycles. The van der Waals surface area contributed by atoms with Crippen molar-refractivity contribution < 1.29 is 19.4 Å². The Morgan fingerprint density at radius 3 is 2.67 bits per heavy atom. The number of carbonyl (C=O) groups is 2. The highest BCUT2D eigenvalue weighted by Gasteiger charge is 2.64. The molecule has 4 heteroatoms. The largest absolute Gasteiger partial charge is 0.507 e. The van der Waals surface area contributed by atoms with Gasteiger partial charge in [-0.15, -0.1) is 0 Å². The lowest BCUT2D eigenvalue weighted by Crippen LogP contribution is -2.41. The maximum absolute atomic E-state index is 12.3. The summed E-state index contributed by atoms with van der Waals surface area (Å²) in [6.07, 6.45) is 2.41. The van der Waals surface area contributed by atoms with Crippen LogP contribution in [0.25, 0.3) is 0 Å². The quantitative estimate of drug-likeness (QED) is 0.869. The smallest absolute Gasteiger partial charge is 0.341 e. The average molecular weight is 288 g/mol. The summed E-state index contributed by atoms with van der Waals surface area (Å²) >= 11 is 0. The number of rotatable bonds is 3. The van der Waals surface area contributed by atoms with E-state index in [4.69, 9.17) is 4.74 Å². The van der Waals surface area contributed by atoms with Gasteiger partial charge in [0, 0.05) is 6.42 Å². The molecule has 1 aromatic rings. The number of aromatic hydroxyl groups is 1. The molecule has 3 rings (SSSR count). The molecule has 0 heterocycles. The lowest BCUT2D eigenvalue weighted by atomic mass is 9.69. The molecule has 0 saturated heterocycles. The number of phenols is 1. The van der Waals surface area contributed by atoms with Gasteiger partial charge in [0.15, 0.2) is 0 Å². The van der Waals surface area contributed by atoms with Gasteiger partial charge in [0.05, 0.1) is 5.41 Å². The van der Waals surface area contributed by atoms with Crippen molar-refractivity contribution in [3.05, 3.63) is 29.8 Å². The zero-order valence-corrected chi connectivity index (χ0v) is 12.4. The Morgan fingerprint density at radius 2 is 2.10 bits per heavy atom. The van der Waals surface area contributed by atoms with E-state index in [1.807, 2.05) is 0 Å². The lowest BCUT2D eigenvalue weighted by molar-refractivity contribution is -0.132. The molecular weight excluding hydrogens is 268 g/mol. The van der Waals surface area contributed by atoms with Crippen molar-refractivity contribution in [2.45, 2.75) is 33.1 Å². The van der Waals surface area contributed by atoms with E-state index in [1.54, 1.807) is 12.1 Å². The first-order valence-corrected chi connectivity index (χ1v) is 7.37. The number of carbonyl (C=O) groups excluding carboxylic acids is 2. The van der Waals surface area contributed by atoms with Gasteiger partial charge < -0.3 is 9.84 Å². The topological polar surface area (TPSA) is 63.6 Å². The van der Waals surface area contributed by atoms with Crippen LogP contribution >= 0.6 is 0 Å². The number of ether oxygens (including phenoxy) is 1. The Balaban J connectivity index is 1.77. The fourth-order valence-corrected chi connectivity index (χ4v) is 4.02. The van der Waals surface area contributed by atoms with E-state index >= 15 is 0 Å². The van der Waals surface area contributed by atoms with Crippen molar-refractivity contribution in [2.75, 3.05) is 6.61 Å². The van der Waals surface area contributed by atoms with E-state index in [0.29, 0.717) is 12.3 Å². The third kappa shape index (κ3) is 1.88. The summed E-state index contributed by atoms with van der Waals surface area (Å²) in [4.78, 5) is 24.5. The van der Waals surface area contributed by atoms with Crippen molar-refractivity contribution in [3.8, 4) is 5.75 Å². The van der Waals surface area contributed by atoms with Gasteiger partial charge in [-0.05, 0) is 36.3 Å². The number of Topliss-reactive ketones (excluding diaryl/α,β-unsaturated/α-hetero) is 1. The molecule has 2 unspecified atom stereocenters. The molecule has 0 aliphatic heterocycles. The molecule has 4 nitrogen and oxygen atoms in total. The molecule has 21 heavy (non-hydrogen) atoms. The van der Waals surface area contributed by atoms with Crippen molar-refractivity contribution in [1.82, 2.24) is 0 Å². The van der Waals surface area contributed by atoms with Crippen molar-refractivity contribution in [1.29, 1.82) is 0 Å². The Hall–Kier alpha value is -1.84. The second kappa shape index (κ2) is 4.58. The van der Waals surface area contributed by atoms with Crippen LogP contribution in [0.3, 0.4) is 0 Å². The van der Waals surface area contributed by atoms with E-state index < -0.39 is 11.4 Å². The van der Waals surface area contributed by atoms with Gasteiger partial charge in [0.1, 0.15) is 23.7 Å². The summed E-state index contributed by atoms with van der Waals surface area (Å²) in [5.41, 5.74) is -0.521. The van der Waals surface area contributed by atoms with Crippen LogP contribution in [0, 0.1) is 16.7 Å². The predicted molar refractivity (Wildman–Crippen MR) is 77.0 cm³/mol. The molecule has 112 valence electrons. The number of benzene rings is 1. The second-order valence-electron chi connectivity index (χ2n) is 6.76. The van der Waals surface area contributed by atoms with Crippen LogP contribution in [-0.2, 0) is 9.53 Å². The van der Waals surface area contributed by atoms with Crippen molar-refractivity contribution in [3.63, 3.8) is 0 Å². The highest BCUT2D eigenvalue weighted by atomic mass is 16.5. The van der Waals surface area contributed by atoms with Gasteiger partial charge in [-0.25, -0.2) is 4.79 Å². The Bertz CT molecular complexity index is 605. The van der Waals surface area contributed by atoms with Gasteiger partial charge in [-0.2, -0.15) is 0 Å². The summed E-state index contributed by atoms with van der Waals surface area (Å²) in [5, 5.41) is 9.69. The number of para-hydroxylation sites is 1. The van der Waals surface area contributed by atoms with Crippen LogP contribution < -0.4 is 0 Å². The van der Waals surface area contributed by atoms with E-state index in [1.165, 1.54) is 12.1 Å². The van der Waals surface area contributed by atoms with E-state index in [-0.39, 0.29) is 29.1 Å².